The van der Waals surface area contributed by atoms with Crippen LogP contribution in [0.25, 0.3) is 0 Å². The molecule has 1 amide bonds. The van der Waals surface area contributed by atoms with E-state index in [0.29, 0.717) is 16.4 Å². The van der Waals surface area contributed by atoms with Crippen molar-refractivity contribution in [3.63, 3.8) is 0 Å². The van der Waals surface area contributed by atoms with E-state index in [-0.39, 0.29) is 18.4 Å². The predicted molar refractivity (Wildman–Crippen MR) is 70.9 cm³/mol. The lowest BCUT2D eigenvalue weighted by atomic mass is 10.2. The summed E-state index contributed by atoms with van der Waals surface area (Å²) in [4.78, 5) is 16.0. The van der Waals surface area contributed by atoms with Gasteiger partial charge >= 0.3 is 0 Å². The van der Waals surface area contributed by atoms with E-state index in [2.05, 4.69) is 10.3 Å². The van der Waals surface area contributed by atoms with Crippen molar-refractivity contribution in [2.45, 2.75) is 6.04 Å². The second kappa shape index (κ2) is 5.88. The summed E-state index contributed by atoms with van der Waals surface area (Å²) in [5.74, 6) is 0.607. The number of hydrogen-bond acceptors (Lipinski definition) is 5. The first-order valence-corrected chi connectivity index (χ1v) is 6.46. The number of nitrogens with one attached hydrogen (secondary N) is 1. The molecule has 0 aromatic heterocycles. The molecular weight excluding hydrogens is 252 g/mol. The highest BCUT2D eigenvalue weighted by molar-refractivity contribution is 8.14. The first-order chi connectivity index (χ1) is 8.72. The van der Waals surface area contributed by atoms with E-state index in [9.17, 15) is 9.90 Å². The fourth-order valence-corrected chi connectivity index (χ4v) is 2.64. The van der Waals surface area contributed by atoms with Crippen molar-refractivity contribution in [3.05, 3.63) is 29.8 Å². The van der Waals surface area contributed by atoms with Crippen LogP contribution in [0.1, 0.15) is 5.56 Å². The van der Waals surface area contributed by atoms with Crippen LogP contribution in [0.2, 0.25) is 0 Å². The molecule has 0 saturated heterocycles. The fourth-order valence-electron chi connectivity index (χ4n) is 1.57. The molecule has 2 N–H and O–H groups in total. The number of hydrogen-bond donors (Lipinski definition) is 2. The van der Waals surface area contributed by atoms with Gasteiger partial charge in [-0.2, -0.15) is 0 Å². The van der Waals surface area contributed by atoms with E-state index >= 15 is 0 Å². The first kappa shape index (κ1) is 12.9. The van der Waals surface area contributed by atoms with Gasteiger partial charge in [0.25, 0.3) is 0 Å². The third-order valence-corrected chi connectivity index (χ3v) is 3.56. The molecule has 0 fully saturated rings. The number of amides is 1. The minimum absolute atomic E-state index is 0.158. The molecule has 2 rings (SSSR count). The van der Waals surface area contributed by atoms with E-state index in [4.69, 9.17) is 4.74 Å². The summed E-state index contributed by atoms with van der Waals surface area (Å²) in [5, 5.41) is 13.0. The number of para-hydroxylation sites is 1. The van der Waals surface area contributed by atoms with Crippen LogP contribution in [0, 0.1) is 0 Å². The Hall–Kier alpha value is -1.53. The summed E-state index contributed by atoms with van der Waals surface area (Å²) >= 11 is 1.47. The second-order valence-corrected chi connectivity index (χ2v) is 4.76. The van der Waals surface area contributed by atoms with Crippen molar-refractivity contribution in [2.75, 3.05) is 19.6 Å². The summed E-state index contributed by atoms with van der Waals surface area (Å²) in [5.41, 5.74) is 0.671. The van der Waals surface area contributed by atoms with Crippen molar-refractivity contribution >= 4 is 22.7 Å². The third-order valence-electron chi connectivity index (χ3n) is 2.48. The predicted octanol–water partition coefficient (Wildman–Crippen LogP) is 0.974. The Morgan fingerprint density at radius 1 is 1.61 bits per heavy atom. The first-order valence-electron chi connectivity index (χ1n) is 5.48. The van der Waals surface area contributed by atoms with Gasteiger partial charge < -0.3 is 15.2 Å². The third kappa shape index (κ3) is 2.83. The smallest absolute Gasteiger partial charge is 0.247 e. The minimum atomic E-state index is -0.417. The van der Waals surface area contributed by atoms with Gasteiger partial charge in [-0.1, -0.05) is 12.1 Å². The SMILES string of the molecule is COCNC(=O)C1CSC(c2ccccc2O)=N1. The molecule has 0 bridgehead atoms. The number of carbonyl (C=O) groups is 1. The van der Waals surface area contributed by atoms with Crippen molar-refractivity contribution in [1.82, 2.24) is 5.32 Å². The van der Waals surface area contributed by atoms with Crippen LogP contribution >= 0.6 is 11.8 Å². The van der Waals surface area contributed by atoms with Gasteiger partial charge in [-0.3, -0.25) is 9.79 Å². The fraction of sp³-hybridized carbons (Fsp3) is 0.333. The quantitative estimate of drug-likeness (QED) is 0.797. The molecule has 96 valence electrons. The van der Waals surface area contributed by atoms with Crippen LogP contribution in [-0.4, -0.2) is 41.7 Å². The Labute approximate surface area is 109 Å². The summed E-state index contributed by atoms with van der Waals surface area (Å²) in [6, 6.07) is 6.56. The molecule has 1 aliphatic rings. The summed E-state index contributed by atoms with van der Waals surface area (Å²) in [7, 11) is 1.51. The molecule has 1 atom stereocenters. The van der Waals surface area contributed by atoms with Crippen LogP contribution in [0.5, 0.6) is 5.75 Å². The molecule has 1 aromatic carbocycles. The number of carbonyl (C=O) groups excluding carboxylic acids is 1. The van der Waals surface area contributed by atoms with Gasteiger partial charge in [0.05, 0.1) is 0 Å². The maximum absolute atomic E-state index is 11.7. The second-order valence-electron chi connectivity index (χ2n) is 3.75. The van der Waals surface area contributed by atoms with Gasteiger partial charge in [0, 0.05) is 18.4 Å². The van der Waals surface area contributed by atoms with Gasteiger partial charge in [0.1, 0.15) is 23.6 Å². The van der Waals surface area contributed by atoms with Crippen molar-refractivity contribution < 1.29 is 14.6 Å². The van der Waals surface area contributed by atoms with Crippen LogP contribution in [0.3, 0.4) is 0 Å². The molecule has 0 saturated carbocycles. The van der Waals surface area contributed by atoms with Gasteiger partial charge in [-0.15, -0.1) is 11.8 Å². The molecule has 1 aliphatic heterocycles. The number of methoxy groups -OCH3 is 1. The Morgan fingerprint density at radius 2 is 2.39 bits per heavy atom. The molecule has 1 unspecified atom stereocenters. The zero-order valence-electron chi connectivity index (χ0n) is 9.92. The molecule has 0 spiro atoms. The molecule has 1 aromatic rings. The summed E-state index contributed by atoms with van der Waals surface area (Å²) in [6.45, 7) is 0.182. The minimum Gasteiger partial charge on any atom is -0.507 e. The molecule has 0 radical (unpaired) electrons. The molecule has 5 nitrogen and oxygen atoms in total. The Kier molecular flexibility index (Phi) is 4.22. The van der Waals surface area contributed by atoms with Gasteiger partial charge in [-0.05, 0) is 12.1 Å². The lowest BCUT2D eigenvalue weighted by Gasteiger charge is -2.06. The van der Waals surface area contributed by atoms with E-state index in [1.54, 1.807) is 18.2 Å². The number of benzene rings is 1. The van der Waals surface area contributed by atoms with Crippen LogP contribution in [-0.2, 0) is 9.53 Å². The van der Waals surface area contributed by atoms with Gasteiger partial charge in [0.15, 0.2) is 0 Å². The van der Waals surface area contributed by atoms with Crippen LogP contribution in [0.4, 0.5) is 0 Å². The zero-order valence-corrected chi connectivity index (χ0v) is 10.7. The summed E-state index contributed by atoms with van der Waals surface area (Å²) in [6.07, 6.45) is 0. The standard InChI is InChI=1S/C12H14N2O3S/c1-17-7-13-11(16)9-6-18-12(14-9)8-4-2-3-5-10(8)15/h2-5,9,15H,6-7H2,1H3,(H,13,16). The molecule has 1 heterocycles. The lowest BCUT2D eigenvalue weighted by molar-refractivity contribution is -0.123. The Bertz CT molecular complexity index is 476. The summed E-state index contributed by atoms with van der Waals surface area (Å²) < 4.78 is 4.78. The average molecular weight is 266 g/mol. The van der Waals surface area contributed by atoms with Crippen molar-refractivity contribution in [2.24, 2.45) is 4.99 Å². The highest BCUT2D eigenvalue weighted by Crippen LogP contribution is 2.28. The molecular formula is C12H14N2O3S. The highest BCUT2D eigenvalue weighted by atomic mass is 32.2. The van der Waals surface area contributed by atoms with E-state index in [1.807, 2.05) is 6.07 Å². The van der Waals surface area contributed by atoms with Gasteiger partial charge in [-0.25, -0.2) is 0 Å². The Morgan fingerprint density at radius 3 is 3.11 bits per heavy atom. The molecule has 6 heteroatoms. The zero-order chi connectivity index (χ0) is 13.0. The van der Waals surface area contributed by atoms with Crippen LogP contribution < -0.4 is 5.32 Å². The number of rotatable bonds is 4. The van der Waals surface area contributed by atoms with Crippen molar-refractivity contribution in [1.29, 1.82) is 0 Å². The van der Waals surface area contributed by atoms with Gasteiger partial charge in [0.2, 0.25) is 5.91 Å². The van der Waals surface area contributed by atoms with E-state index in [0.717, 1.165) is 0 Å². The van der Waals surface area contributed by atoms with E-state index < -0.39 is 6.04 Å². The maximum Gasteiger partial charge on any atom is 0.247 e. The molecule has 0 aliphatic carbocycles. The normalized spacial score (nSPS) is 18.5. The molecule has 18 heavy (non-hydrogen) atoms. The monoisotopic (exact) mass is 266 g/mol. The number of ether oxygens (including phenoxy) is 1. The number of nitrogens with zero attached hydrogens (tertiary/aromatic N) is 1. The topological polar surface area (TPSA) is 70.9 Å². The van der Waals surface area contributed by atoms with Crippen molar-refractivity contribution in [3.8, 4) is 5.75 Å². The number of aliphatic imine (C=N–C) groups is 1. The number of thioether (sulfide) groups is 1. The maximum atomic E-state index is 11.7. The highest BCUT2D eigenvalue weighted by Gasteiger charge is 2.26. The van der Waals surface area contributed by atoms with Crippen LogP contribution in [0.15, 0.2) is 29.3 Å². The average Bonchev–Trinajstić information content (AvgIpc) is 2.86. The number of phenolic OH excluding ortho intramolecular Hbond substituents is 1. The lowest BCUT2D eigenvalue weighted by Crippen LogP contribution is -2.34. The number of phenols is 1. The van der Waals surface area contributed by atoms with E-state index in [1.165, 1.54) is 18.9 Å². The largest absolute Gasteiger partial charge is 0.507 e. The number of aromatic hydroxyl groups is 1. The Balaban J connectivity index is 2.09.